The van der Waals surface area contributed by atoms with Crippen molar-refractivity contribution in [2.45, 2.75) is 33.2 Å². The minimum atomic E-state index is -0.253. The maximum absolute atomic E-state index is 13.7. The van der Waals surface area contributed by atoms with Crippen LogP contribution in [0.3, 0.4) is 0 Å². The van der Waals surface area contributed by atoms with Crippen molar-refractivity contribution in [2.75, 3.05) is 44.2 Å². The number of amides is 1. The maximum Gasteiger partial charge on any atom is 0.227 e. The Morgan fingerprint density at radius 2 is 1.72 bits per heavy atom. The fourth-order valence-corrected chi connectivity index (χ4v) is 6.25. The van der Waals surface area contributed by atoms with Crippen molar-refractivity contribution in [3.8, 4) is 5.69 Å². The number of likely N-dealkylation sites (tertiary alicyclic amines) is 1. The number of aryl methyl sites for hydroxylation is 2. The number of hydrogen-bond donors (Lipinski definition) is 0. The first-order valence-electron chi connectivity index (χ1n) is 14.0. The first-order chi connectivity index (χ1) is 19.0. The lowest BCUT2D eigenvalue weighted by atomic mass is 9.96. The number of para-hydroxylation sites is 2. The molecule has 2 fully saturated rings. The Labute approximate surface area is 229 Å². The quantitative estimate of drug-likeness (QED) is 0.353. The number of hydrogen-bond acceptors (Lipinski definition) is 4. The Bertz CT molecular complexity index is 1470. The zero-order valence-electron chi connectivity index (χ0n) is 22.8. The molecule has 202 valence electrons. The summed E-state index contributed by atoms with van der Waals surface area (Å²) < 4.78 is 15.8. The lowest BCUT2D eigenvalue weighted by Gasteiger charge is -2.40. The van der Waals surface area contributed by atoms with Crippen LogP contribution in [0.4, 0.5) is 10.1 Å². The fourth-order valence-electron chi connectivity index (χ4n) is 6.25. The number of carbonyl (C=O) groups excluding carboxylic acids is 1. The van der Waals surface area contributed by atoms with Crippen LogP contribution in [0.1, 0.15) is 29.8 Å². The Morgan fingerprint density at radius 1 is 0.949 bits per heavy atom. The molecular formula is C32H36FN5O. The number of carbonyl (C=O) groups is 1. The Kier molecular flexibility index (Phi) is 7.09. The summed E-state index contributed by atoms with van der Waals surface area (Å²) in [5.41, 5.74) is 6.67. The molecule has 1 aromatic heterocycles. The third-order valence-electron chi connectivity index (χ3n) is 8.22. The largest absolute Gasteiger partial charge is 0.368 e. The lowest BCUT2D eigenvalue weighted by molar-refractivity contribution is -0.137. The molecule has 6 nitrogen and oxygen atoms in total. The van der Waals surface area contributed by atoms with E-state index in [4.69, 9.17) is 4.98 Å². The van der Waals surface area contributed by atoms with E-state index in [0.29, 0.717) is 6.54 Å². The molecule has 2 aliphatic rings. The average Bonchev–Trinajstić information content (AvgIpc) is 3.31. The Hall–Kier alpha value is -3.71. The van der Waals surface area contributed by atoms with Gasteiger partial charge in [0.1, 0.15) is 11.6 Å². The van der Waals surface area contributed by atoms with Gasteiger partial charge in [-0.2, -0.15) is 0 Å². The van der Waals surface area contributed by atoms with Crippen molar-refractivity contribution < 1.29 is 9.18 Å². The van der Waals surface area contributed by atoms with E-state index in [1.807, 2.05) is 18.2 Å². The summed E-state index contributed by atoms with van der Waals surface area (Å²) in [7, 11) is 0. The molecule has 0 radical (unpaired) electrons. The van der Waals surface area contributed by atoms with E-state index < -0.39 is 0 Å². The van der Waals surface area contributed by atoms with E-state index in [-0.39, 0.29) is 17.6 Å². The summed E-state index contributed by atoms with van der Waals surface area (Å²) in [5.74, 6) is 0.956. The van der Waals surface area contributed by atoms with Gasteiger partial charge in [-0.3, -0.25) is 14.3 Å². The van der Waals surface area contributed by atoms with E-state index in [9.17, 15) is 9.18 Å². The molecular weight excluding hydrogens is 489 g/mol. The molecule has 0 saturated carbocycles. The minimum absolute atomic E-state index is 0.00932. The highest BCUT2D eigenvalue weighted by Gasteiger charge is 2.32. The SMILES string of the molecule is Cc1ccc(N2CCN(C(=O)[C@@H]3CCCN(Cc4nc5ccccc5n4-c4ccc(F)cc4)C3)CC2)c(C)c1. The van der Waals surface area contributed by atoms with Gasteiger partial charge in [-0.1, -0.05) is 29.8 Å². The van der Waals surface area contributed by atoms with E-state index in [1.54, 1.807) is 12.1 Å². The molecule has 4 aromatic rings. The number of aromatic nitrogens is 2. The van der Waals surface area contributed by atoms with Gasteiger partial charge in [0.15, 0.2) is 0 Å². The van der Waals surface area contributed by atoms with Gasteiger partial charge in [0.2, 0.25) is 5.91 Å². The highest BCUT2D eigenvalue weighted by molar-refractivity contribution is 5.80. The van der Waals surface area contributed by atoms with Crippen LogP contribution in [0.15, 0.2) is 66.7 Å². The van der Waals surface area contributed by atoms with Crippen molar-refractivity contribution in [3.05, 3.63) is 89.5 Å². The summed E-state index contributed by atoms with van der Waals surface area (Å²) in [5, 5.41) is 0. The summed E-state index contributed by atoms with van der Waals surface area (Å²) in [6.07, 6.45) is 1.93. The van der Waals surface area contributed by atoms with Crippen molar-refractivity contribution in [1.29, 1.82) is 0 Å². The summed E-state index contributed by atoms with van der Waals surface area (Å²) in [6.45, 7) is 9.89. The third kappa shape index (κ3) is 5.28. The van der Waals surface area contributed by atoms with E-state index in [0.717, 1.165) is 74.7 Å². The molecule has 2 aliphatic heterocycles. The van der Waals surface area contributed by atoms with Crippen LogP contribution in [0.2, 0.25) is 0 Å². The number of halogens is 1. The third-order valence-corrected chi connectivity index (χ3v) is 8.22. The minimum Gasteiger partial charge on any atom is -0.368 e. The highest BCUT2D eigenvalue weighted by atomic mass is 19.1. The van der Waals surface area contributed by atoms with Gasteiger partial charge in [-0.25, -0.2) is 9.37 Å². The van der Waals surface area contributed by atoms with Crippen LogP contribution in [-0.4, -0.2) is 64.5 Å². The van der Waals surface area contributed by atoms with Crippen molar-refractivity contribution in [3.63, 3.8) is 0 Å². The zero-order chi connectivity index (χ0) is 26.9. The molecule has 0 unspecified atom stereocenters. The molecule has 0 aliphatic carbocycles. The molecule has 1 amide bonds. The monoisotopic (exact) mass is 525 g/mol. The van der Waals surface area contributed by atoms with Crippen LogP contribution in [0, 0.1) is 25.6 Å². The van der Waals surface area contributed by atoms with Crippen molar-refractivity contribution in [2.24, 2.45) is 5.92 Å². The molecule has 0 bridgehead atoms. The van der Waals surface area contributed by atoms with Gasteiger partial charge >= 0.3 is 0 Å². The van der Waals surface area contributed by atoms with Crippen molar-refractivity contribution in [1.82, 2.24) is 19.4 Å². The van der Waals surface area contributed by atoms with Crippen molar-refractivity contribution >= 4 is 22.6 Å². The molecule has 6 rings (SSSR count). The van der Waals surface area contributed by atoms with Crippen LogP contribution < -0.4 is 4.90 Å². The maximum atomic E-state index is 13.7. The van der Waals surface area contributed by atoms with Gasteiger partial charge in [-0.05, 0) is 81.3 Å². The summed E-state index contributed by atoms with van der Waals surface area (Å²) >= 11 is 0. The molecule has 2 saturated heterocycles. The lowest BCUT2D eigenvalue weighted by Crippen LogP contribution is -2.52. The average molecular weight is 526 g/mol. The van der Waals surface area contributed by atoms with E-state index in [2.05, 4.69) is 57.4 Å². The fraction of sp³-hybridized carbons (Fsp3) is 0.375. The molecule has 39 heavy (non-hydrogen) atoms. The first kappa shape index (κ1) is 25.6. The predicted octanol–water partition coefficient (Wildman–Crippen LogP) is 5.34. The number of nitrogens with zero attached hydrogens (tertiary/aromatic N) is 5. The smallest absolute Gasteiger partial charge is 0.227 e. The standard InChI is InChI=1S/C32H36FN5O/c1-23-9-14-29(24(2)20-23)36-16-18-37(19-17-36)32(39)25-6-5-15-35(21-25)22-31-34-28-7-3-4-8-30(28)38(31)27-12-10-26(33)11-13-27/h3-4,7-14,20,25H,5-6,15-19,21-22H2,1-2H3/t25-/m1/s1. The number of rotatable bonds is 5. The second-order valence-corrected chi connectivity index (χ2v) is 11.0. The van der Waals surface area contributed by atoms with Gasteiger partial charge in [0.05, 0.1) is 23.5 Å². The van der Waals surface area contributed by atoms with Gasteiger partial charge in [0, 0.05) is 44.1 Å². The number of piperazine rings is 1. The number of fused-ring (bicyclic) bond motifs is 1. The highest BCUT2D eigenvalue weighted by Crippen LogP contribution is 2.27. The molecule has 0 N–H and O–H groups in total. The molecule has 1 atom stereocenters. The second-order valence-electron chi connectivity index (χ2n) is 11.0. The van der Waals surface area contributed by atoms with E-state index in [1.165, 1.54) is 28.9 Å². The normalized spacial score (nSPS) is 18.6. The molecule has 0 spiro atoms. The van der Waals surface area contributed by atoms with Crippen LogP contribution >= 0.6 is 0 Å². The van der Waals surface area contributed by atoms with Gasteiger partial charge < -0.3 is 9.80 Å². The number of benzene rings is 3. The molecule has 7 heteroatoms. The topological polar surface area (TPSA) is 44.6 Å². The predicted molar refractivity (Wildman–Crippen MR) is 154 cm³/mol. The Balaban J connectivity index is 1.14. The zero-order valence-corrected chi connectivity index (χ0v) is 22.8. The summed E-state index contributed by atoms with van der Waals surface area (Å²) in [4.78, 5) is 25.4. The Morgan fingerprint density at radius 3 is 2.49 bits per heavy atom. The van der Waals surface area contributed by atoms with Crippen LogP contribution in [-0.2, 0) is 11.3 Å². The second kappa shape index (κ2) is 10.8. The van der Waals surface area contributed by atoms with E-state index >= 15 is 0 Å². The number of anilines is 1. The van der Waals surface area contributed by atoms with Gasteiger partial charge in [-0.15, -0.1) is 0 Å². The molecule has 3 heterocycles. The first-order valence-corrected chi connectivity index (χ1v) is 14.0. The number of imidazole rings is 1. The molecule has 3 aromatic carbocycles. The summed E-state index contributed by atoms with van der Waals surface area (Å²) in [6, 6.07) is 21.2. The number of piperidine rings is 1. The van der Waals surface area contributed by atoms with Crippen LogP contribution in [0.5, 0.6) is 0 Å². The van der Waals surface area contributed by atoms with Crippen LogP contribution in [0.25, 0.3) is 16.7 Å². The van der Waals surface area contributed by atoms with Gasteiger partial charge in [0.25, 0.3) is 0 Å².